The second-order valence-corrected chi connectivity index (χ2v) is 4.82. The highest BCUT2D eigenvalue weighted by molar-refractivity contribution is 5.84. The van der Waals surface area contributed by atoms with Crippen molar-refractivity contribution in [2.45, 2.75) is 50.2 Å². The van der Waals surface area contributed by atoms with Gasteiger partial charge in [0.15, 0.2) is 0 Å². The number of hydrogen-bond donors (Lipinski definition) is 6. The molecule has 0 aliphatic rings. The van der Waals surface area contributed by atoms with Crippen LogP contribution in [0.15, 0.2) is 0 Å². The second-order valence-electron chi connectivity index (χ2n) is 4.82. The molecule has 0 aromatic rings. The zero-order valence-corrected chi connectivity index (χ0v) is 11.9. The van der Waals surface area contributed by atoms with E-state index in [0.29, 0.717) is 0 Å². The normalized spacial score (nSPS) is 14.6. The Hall–Kier alpha value is -2.20. The summed E-state index contributed by atoms with van der Waals surface area (Å²) in [6, 6.07) is -3.46. The smallest absolute Gasteiger partial charge is 0.326 e. The lowest BCUT2D eigenvalue weighted by Gasteiger charge is -2.15. The number of nitrogens with two attached hydrogens (primary N) is 2. The Morgan fingerprint density at radius 2 is 1.32 bits per heavy atom. The molecular formula is C12H21N3O7. The maximum absolute atomic E-state index is 11.5. The fourth-order valence-electron chi connectivity index (χ4n) is 1.60. The van der Waals surface area contributed by atoms with E-state index in [1.165, 1.54) is 0 Å². The monoisotopic (exact) mass is 319 g/mol. The molecule has 2 unspecified atom stereocenters. The first-order chi connectivity index (χ1) is 10.1. The number of aliphatic carboxylic acids is 3. The quantitative estimate of drug-likeness (QED) is 0.258. The Labute approximate surface area is 126 Å². The first-order valence-electron chi connectivity index (χ1n) is 6.64. The van der Waals surface area contributed by atoms with Gasteiger partial charge < -0.3 is 32.1 Å². The summed E-state index contributed by atoms with van der Waals surface area (Å²) in [6.07, 6.45) is -0.0193. The minimum absolute atomic E-state index is 0.0209. The van der Waals surface area contributed by atoms with Crippen molar-refractivity contribution >= 4 is 23.8 Å². The minimum atomic E-state index is -1.26. The zero-order valence-electron chi connectivity index (χ0n) is 11.9. The van der Waals surface area contributed by atoms with Gasteiger partial charge in [0, 0.05) is 6.42 Å². The number of carboxylic acid groups (broad SMARTS) is 3. The van der Waals surface area contributed by atoms with Gasteiger partial charge in [-0.05, 0) is 25.7 Å². The van der Waals surface area contributed by atoms with E-state index in [4.69, 9.17) is 26.8 Å². The topological polar surface area (TPSA) is 193 Å². The molecule has 0 heterocycles. The van der Waals surface area contributed by atoms with E-state index in [1.54, 1.807) is 0 Å². The highest BCUT2D eigenvalue weighted by Crippen LogP contribution is 2.05. The van der Waals surface area contributed by atoms with Crippen molar-refractivity contribution in [3.63, 3.8) is 0 Å². The lowest BCUT2D eigenvalue weighted by atomic mass is 10.1. The van der Waals surface area contributed by atoms with Gasteiger partial charge in [0.25, 0.3) is 0 Å². The van der Waals surface area contributed by atoms with Crippen LogP contribution in [0.1, 0.15) is 32.1 Å². The first-order valence-corrected chi connectivity index (χ1v) is 6.64. The van der Waals surface area contributed by atoms with Crippen molar-refractivity contribution in [1.29, 1.82) is 0 Å². The average Bonchev–Trinajstić information content (AvgIpc) is 2.42. The van der Waals surface area contributed by atoms with Gasteiger partial charge in [-0.3, -0.25) is 14.4 Å². The molecule has 22 heavy (non-hydrogen) atoms. The van der Waals surface area contributed by atoms with Crippen LogP contribution in [0.3, 0.4) is 0 Å². The van der Waals surface area contributed by atoms with E-state index in [9.17, 15) is 19.2 Å². The van der Waals surface area contributed by atoms with Crippen molar-refractivity contribution in [2.24, 2.45) is 11.5 Å². The van der Waals surface area contributed by atoms with Crippen LogP contribution >= 0.6 is 0 Å². The van der Waals surface area contributed by atoms with Crippen LogP contribution in [0, 0.1) is 0 Å². The summed E-state index contributed by atoms with van der Waals surface area (Å²) in [5.74, 6) is -4.32. The van der Waals surface area contributed by atoms with Gasteiger partial charge >= 0.3 is 17.9 Å². The number of amides is 1. The van der Waals surface area contributed by atoms with E-state index >= 15 is 0 Å². The minimum Gasteiger partial charge on any atom is -0.480 e. The van der Waals surface area contributed by atoms with Crippen molar-refractivity contribution in [3.8, 4) is 0 Å². The molecule has 0 saturated heterocycles. The number of carbonyl (C=O) groups excluding carboxylic acids is 1. The van der Waals surface area contributed by atoms with Gasteiger partial charge in [-0.1, -0.05) is 0 Å². The molecule has 0 saturated carbocycles. The molecule has 10 heteroatoms. The zero-order chi connectivity index (χ0) is 17.3. The molecule has 0 fully saturated rings. The Kier molecular flexibility index (Phi) is 8.72. The standard InChI is InChI=1S/C12H21N3O7/c13-6(10(17)18)2-1-3-8(12(21)22)15-9(16)5-4-7(14)11(19)20/h6-8H,1-5,13-14H2,(H,15,16)(H,17,18)(H,19,20)(H,21,22)/t6?,7-,8?/m1/s1. The number of carbonyl (C=O) groups is 4. The van der Waals surface area contributed by atoms with Gasteiger partial charge in [-0.15, -0.1) is 0 Å². The summed E-state index contributed by atoms with van der Waals surface area (Å²) in [5, 5.41) is 28.4. The molecule has 0 aliphatic heterocycles. The molecular weight excluding hydrogens is 298 g/mol. The average molecular weight is 319 g/mol. The van der Waals surface area contributed by atoms with Gasteiger partial charge in [0.1, 0.15) is 18.1 Å². The molecule has 126 valence electrons. The van der Waals surface area contributed by atoms with Crippen molar-refractivity contribution in [1.82, 2.24) is 5.32 Å². The molecule has 0 aromatic carbocycles. The van der Waals surface area contributed by atoms with Gasteiger partial charge in [-0.2, -0.15) is 0 Å². The predicted octanol–water partition coefficient (Wildman–Crippen LogP) is -1.67. The highest BCUT2D eigenvalue weighted by atomic mass is 16.4. The third kappa shape index (κ3) is 8.17. The molecule has 8 N–H and O–H groups in total. The molecule has 3 atom stereocenters. The van der Waals surface area contributed by atoms with Gasteiger partial charge in [0.2, 0.25) is 5.91 Å². The van der Waals surface area contributed by atoms with Crippen molar-refractivity contribution in [2.75, 3.05) is 0 Å². The van der Waals surface area contributed by atoms with Crippen LogP contribution in [0.2, 0.25) is 0 Å². The van der Waals surface area contributed by atoms with Crippen LogP contribution in [-0.4, -0.2) is 57.3 Å². The maximum atomic E-state index is 11.5. The third-order valence-electron chi connectivity index (χ3n) is 2.96. The van der Waals surface area contributed by atoms with Crippen molar-refractivity contribution in [3.05, 3.63) is 0 Å². The summed E-state index contributed by atoms with van der Waals surface area (Å²) in [6.45, 7) is 0. The van der Waals surface area contributed by atoms with Crippen LogP contribution in [0.25, 0.3) is 0 Å². The molecule has 0 radical (unpaired) electrons. The molecule has 1 amide bonds. The summed E-state index contributed by atoms with van der Waals surface area (Å²) in [5.41, 5.74) is 10.5. The molecule has 0 rings (SSSR count). The molecule has 0 aliphatic carbocycles. The third-order valence-corrected chi connectivity index (χ3v) is 2.96. The Morgan fingerprint density at radius 1 is 0.818 bits per heavy atom. The van der Waals surface area contributed by atoms with E-state index in [0.717, 1.165) is 0 Å². The molecule has 10 nitrogen and oxygen atoms in total. The van der Waals surface area contributed by atoms with Crippen LogP contribution < -0.4 is 16.8 Å². The lowest BCUT2D eigenvalue weighted by Crippen LogP contribution is -2.42. The van der Waals surface area contributed by atoms with Crippen LogP contribution in [0.5, 0.6) is 0 Å². The second kappa shape index (κ2) is 9.68. The number of hydrogen-bond acceptors (Lipinski definition) is 6. The molecule has 0 bridgehead atoms. The van der Waals surface area contributed by atoms with Gasteiger partial charge in [-0.25, -0.2) is 4.79 Å². The van der Waals surface area contributed by atoms with E-state index < -0.39 is 41.9 Å². The number of nitrogens with one attached hydrogen (secondary N) is 1. The number of carboxylic acids is 3. The fourth-order valence-corrected chi connectivity index (χ4v) is 1.60. The van der Waals surface area contributed by atoms with Crippen LogP contribution in [-0.2, 0) is 19.2 Å². The number of rotatable bonds is 11. The summed E-state index contributed by atoms with van der Waals surface area (Å²) < 4.78 is 0. The predicted molar refractivity (Wildman–Crippen MR) is 73.9 cm³/mol. The molecule has 0 aromatic heterocycles. The van der Waals surface area contributed by atoms with E-state index in [2.05, 4.69) is 5.32 Å². The Morgan fingerprint density at radius 3 is 1.77 bits per heavy atom. The SMILES string of the molecule is NC(CCCC(NC(=O)CC[C@@H](N)C(=O)O)C(=O)O)C(=O)O. The van der Waals surface area contributed by atoms with Crippen LogP contribution in [0.4, 0.5) is 0 Å². The lowest BCUT2D eigenvalue weighted by molar-refractivity contribution is -0.142. The van der Waals surface area contributed by atoms with Gasteiger partial charge in [0.05, 0.1) is 0 Å². The van der Waals surface area contributed by atoms with E-state index in [-0.39, 0.29) is 32.1 Å². The Balaban J connectivity index is 4.23. The molecule has 0 spiro atoms. The summed E-state index contributed by atoms with van der Waals surface area (Å²) >= 11 is 0. The maximum Gasteiger partial charge on any atom is 0.326 e. The first kappa shape index (κ1) is 19.8. The Bertz CT molecular complexity index is 427. The largest absolute Gasteiger partial charge is 0.480 e. The van der Waals surface area contributed by atoms with Crippen molar-refractivity contribution < 1.29 is 34.5 Å². The van der Waals surface area contributed by atoms with E-state index in [1.807, 2.05) is 0 Å². The fraction of sp³-hybridized carbons (Fsp3) is 0.667. The summed E-state index contributed by atoms with van der Waals surface area (Å²) in [4.78, 5) is 43.6. The summed E-state index contributed by atoms with van der Waals surface area (Å²) in [7, 11) is 0. The highest BCUT2D eigenvalue weighted by Gasteiger charge is 2.22.